The van der Waals surface area contributed by atoms with Crippen molar-refractivity contribution >= 4 is 4.02 Å². The molecular weight excluding hydrogens is 544 g/mol. The summed E-state index contributed by atoms with van der Waals surface area (Å²) in [6, 6.07) is 8.56. The molecule has 0 radical (unpaired) electrons. The van der Waals surface area contributed by atoms with Gasteiger partial charge in [0.2, 0.25) is 0 Å². The van der Waals surface area contributed by atoms with Crippen LogP contribution in [0.1, 0.15) is 11.1 Å². The van der Waals surface area contributed by atoms with Gasteiger partial charge in [-0.05, 0) is 0 Å². The van der Waals surface area contributed by atoms with Gasteiger partial charge in [-0.2, -0.15) is 0 Å². The summed E-state index contributed by atoms with van der Waals surface area (Å²) in [6.07, 6.45) is 1.12. The Morgan fingerprint density at radius 1 is 1.25 bits per heavy atom. The Bertz CT molecular complexity index is 298. The molecule has 0 unspecified atom stereocenters. The van der Waals surface area contributed by atoms with Crippen LogP contribution in [0.25, 0.3) is 5.32 Å². The van der Waals surface area contributed by atoms with Crippen LogP contribution in [0.4, 0.5) is 0 Å². The molecule has 1 aromatic rings. The zero-order valence-electron chi connectivity index (χ0n) is 6.58. The van der Waals surface area contributed by atoms with Gasteiger partial charge >= 0.3 is 77.0 Å². The number of benzene rings is 1. The Morgan fingerprint density at radius 3 is 2.75 bits per heavy atom. The molecule has 1 aliphatic heterocycles. The third-order valence-electron chi connectivity index (χ3n) is 1.88. The van der Waals surface area contributed by atoms with Gasteiger partial charge < -0.3 is 0 Å². The van der Waals surface area contributed by atoms with Gasteiger partial charge in [0, 0.05) is 31.1 Å². The van der Waals surface area contributed by atoms with Gasteiger partial charge in [-0.15, -0.1) is 0 Å². The monoisotopic (exact) mass is 552 g/mol. The van der Waals surface area contributed by atoms with Crippen molar-refractivity contribution in [2.45, 2.75) is 6.42 Å². The van der Waals surface area contributed by atoms with E-state index < -0.39 is 0 Å². The van der Waals surface area contributed by atoms with E-state index in [0.29, 0.717) is 0 Å². The molecule has 1 nitrogen and oxygen atoms in total. The summed E-state index contributed by atoms with van der Waals surface area (Å²) < 4.78 is 1.27. The zero-order chi connectivity index (χ0) is 7.68. The molecule has 0 bridgehead atoms. The van der Waals surface area contributed by atoms with Crippen molar-refractivity contribution in [3.8, 4) is 0 Å². The van der Waals surface area contributed by atoms with E-state index in [-0.39, 0.29) is 31.1 Å². The van der Waals surface area contributed by atoms with E-state index in [1.165, 1.54) is 34.5 Å². The van der Waals surface area contributed by atoms with E-state index in [1.807, 2.05) is 0 Å². The first-order chi connectivity index (χ1) is 5.38. The van der Waals surface area contributed by atoms with Gasteiger partial charge in [0.25, 0.3) is 0 Å². The van der Waals surface area contributed by atoms with Crippen LogP contribution in [-0.2, 0) is 25.8 Å². The third kappa shape index (κ3) is 2.18. The molecule has 12 heavy (non-hydrogen) atoms. The molecule has 0 aromatic heterocycles. The molecule has 0 atom stereocenters. The minimum atomic E-state index is 0. The van der Waals surface area contributed by atoms with Crippen molar-refractivity contribution in [2.75, 3.05) is 6.54 Å². The first-order valence-corrected chi connectivity index (χ1v) is 5.14. The average Bonchev–Trinajstić information content (AvgIpc) is 2.06. The molecular formula is C9H8NUW-. The van der Waals surface area contributed by atoms with Crippen molar-refractivity contribution < 1.29 is 50.5 Å². The second kappa shape index (κ2) is 4.87. The number of hydrogen-bond donors (Lipinski definition) is 0. The fourth-order valence-corrected chi connectivity index (χ4v) is 2.35. The maximum absolute atomic E-state index is 4.42. The summed E-state index contributed by atoms with van der Waals surface area (Å²) in [5, 5.41) is 4.42. The Labute approximate surface area is 107 Å². The number of rotatable bonds is 0. The molecule has 0 fully saturated rings. The number of hydrogen-bond acceptors (Lipinski definition) is 0. The molecule has 3 heteroatoms. The van der Waals surface area contributed by atoms with E-state index in [2.05, 4.69) is 29.6 Å². The van der Waals surface area contributed by atoms with Gasteiger partial charge in [0.05, 0.1) is 0 Å². The summed E-state index contributed by atoms with van der Waals surface area (Å²) in [6.45, 7) is 0.982. The Hall–Kier alpha value is 0.790. The molecule has 0 spiro atoms. The molecule has 0 saturated heterocycles. The predicted molar refractivity (Wildman–Crippen MR) is 42.5 cm³/mol. The topological polar surface area (TPSA) is 14.1 Å². The van der Waals surface area contributed by atoms with Crippen LogP contribution in [-0.4, -0.2) is 10.6 Å². The molecule has 0 amide bonds. The van der Waals surface area contributed by atoms with E-state index >= 15 is 0 Å². The number of fused-ring (bicyclic) bond motifs is 1. The minimum absolute atomic E-state index is 0. The predicted octanol–water partition coefficient (Wildman–Crippen LogP) is 1.64. The normalized spacial score (nSPS) is 14.8. The summed E-state index contributed by atoms with van der Waals surface area (Å²) >= 11 is 1.48. The molecule has 1 heterocycles. The second-order valence-electron chi connectivity index (χ2n) is 2.59. The van der Waals surface area contributed by atoms with Crippen molar-refractivity contribution in [3.63, 3.8) is 0 Å². The third-order valence-corrected chi connectivity index (χ3v) is 3.14. The standard InChI is InChI=1S/C9H8N.U.W/c1-2-4-9-7-10-6-5-8(9)3-1;;/h1-4H,5-6H2;;/q-1;;. The first kappa shape index (κ1) is 10.9. The summed E-state index contributed by atoms with van der Waals surface area (Å²) in [4.78, 5) is 0. The van der Waals surface area contributed by atoms with E-state index in [9.17, 15) is 0 Å². The molecule has 0 aliphatic carbocycles. The van der Waals surface area contributed by atoms with E-state index in [1.54, 1.807) is 0 Å². The number of nitrogens with zero attached hydrogens (tertiary/aromatic N) is 1. The van der Waals surface area contributed by atoms with Gasteiger partial charge in [-0.25, -0.2) is 0 Å². The average molecular weight is 552 g/mol. The van der Waals surface area contributed by atoms with Gasteiger partial charge in [0.15, 0.2) is 0 Å². The SMILES string of the molecule is [U].[W]=[C]1[N-]CCc2ccccc21. The molecule has 0 saturated carbocycles. The molecule has 0 N–H and O–H groups in total. The Balaban J connectivity index is 0.000000720. The van der Waals surface area contributed by atoms with Crippen molar-refractivity contribution in [3.05, 3.63) is 40.7 Å². The van der Waals surface area contributed by atoms with Crippen molar-refractivity contribution in [1.82, 2.24) is 0 Å². The second-order valence-corrected chi connectivity index (χ2v) is 3.98. The van der Waals surface area contributed by atoms with Crippen LogP contribution < -0.4 is 0 Å². The van der Waals surface area contributed by atoms with Gasteiger partial charge in [-0.3, -0.25) is 0 Å². The van der Waals surface area contributed by atoms with Crippen molar-refractivity contribution in [1.29, 1.82) is 0 Å². The van der Waals surface area contributed by atoms with E-state index in [4.69, 9.17) is 0 Å². The van der Waals surface area contributed by atoms with Crippen LogP contribution in [0.5, 0.6) is 0 Å². The van der Waals surface area contributed by atoms with Crippen LogP contribution in [0, 0.1) is 31.1 Å². The maximum atomic E-state index is 4.42. The quantitative estimate of drug-likeness (QED) is 0.466. The molecule has 1 aromatic carbocycles. The fourth-order valence-electron chi connectivity index (χ4n) is 1.31. The fraction of sp³-hybridized carbons (Fsp3) is 0.222. The summed E-state index contributed by atoms with van der Waals surface area (Å²) in [7, 11) is 0. The Morgan fingerprint density at radius 2 is 2.00 bits per heavy atom. The van der Waals surface area contributed by atoms with Gasteiger partial charge in [0.1, 0.15) is 0 Å². The van der Waals surface area contributed by atoms with Crippen LogP contribution >= 0.6 is 0 Å². The van der Waals surface area contributed by atoms with Crippen LogP contribution in [0.3, 0.4) is 0 Å². The summed E-state index contributed by atoms with van der Waals surface area (Å²) in [5.41, 5.74) is 2.83. The molecule has 2 rings (SSSR count). The zero-order valence-corrected chi connectivity index (χ0v) is 13.7. The van der Waals surface area contributed by atoms with Crippen LogP contribution in [0.15, 0.2) is 24.3 Å². The Kier molecular flexibility index (Phi) is 4.41. The van der Waals surface area contributed by atoms with Crippen molar-refractivity contribution in [2.24, 2.45) is 0 Å². The molecule has 1 aliphatic rings. The summed E-state index contributed by atoms with van der Waals surface area (Å²) in [5.74, 6) is 0. The van der Waals surface area contributed by atoms with Crippen LogP contribution in [0.2, 0.25) is 0 Å². The molecule has 60 valence electrons. The first-order valence-electron chi connectivity index (χ1n) is 3.67. The van der Waals surface area contributed by atoms with E-state index in [0.717, 1.165) is 13.0 Å². The van der Waals surface area contributed by atoms with Gasteiger partial charge in [-0.1, -0.05) is 0 Å².